The van der Waals surface area contributed by atoms with Crippen molar-refractivity contribution in [2.45, 2.75) is 37.8 Å². The van der Waals surface area contributed by atoms with Crippen LogP contribution >= 0.6 is 7.60 Å². The molecular weight excluding hydrogens is 293 g/mol. The topological polar surface area (TPSA) is 65.1 Å². The highest BCUT2D eigenvalue weighted by molar-refractivity contribution is 7.54. The van der Waals surface area contributed by atoms with E-state index in [1.807, 2.05) is 26.0 Å². The predicted molar refractivity (Wildman–Crippen MR) is 76.8 cm³/mol. The monoisotopic (exact) mass is 315 g/mol. The Morgan fingerprint density at radius 3 is 2.62 bits per heavy atom. The van der Waals surface area contributed by atoms with Crippen LogP contribution in [0.3, 0.4) is 0 Å². The van der Waals surface area contributed by atoms with Crippen LogP contribution in [0.4, 0.5) is 0 Å². The van der Waals surface area contributed by atoms with E-state index in [1.165, 1.54) is 14.2 Å². The second-order valence-corrected chi connectivity index (χ2v) is 8.52. The standard InChI is InChI=1S/C14H22NO5P/c1-9(2)12(16)15-8-10-7-11-5-6-14(10,20-11)13(15)21(17,18-3)19-4/h5-6,9-11,13H,7-8H2,1-4H3/t10?,11-,13+,14+/m1/s1. The van der Waals surface area contributed by atoms with Crippen molar-refractivity contribution in [1.29, 1.82) is 0 Å². The van der Waals surface area contributed by atoms with Crippen molar-refractivity contribution < 1.29 is 23.1 Å². The average Bonchev–Trinajstić information content (AvgIpc) is 3.11. The summed E-state index contributed by atoms with van der Waals surface area (Å²) in [5.74, 6) is -0.771. The fourth-order valence-corrected chi connectivity index (χ4v) is 5.76. The molecule has 2 fully saturated rings. The van der Waals surface area contributed by atoms with Gasteiger partial charge in [-0.1, -0.05) is 26.0 Å². The first-order valence-electron chi connectivity index (χ1n) is 7.27. The highest BCUT2D eigenvalue weighted by Gasteiger charge is 2.68. The van der Waals surface area contributed by atoms with Crippen LogP contribution in [0, 0.1) is 11.8 Å². The van der Waals surface area contributed by atoms with E-state index < -0.39 is 19.0 Å². The number of hydrogen-bond acceptors (Lipinski definition) is 5. The van der Waals surface area contributed by atoms with Gasteiger partial charge in [0.15, 0.2) is 5.78 Å². The lowest BCUT2D eigenvalue weighted by molar-refractivity contribution is -0.136. The van der Waals surface area contributed by atoms with Crippen LogP contribution in [0.1, 0.15) is 20.3 Å². The molecule has 7 heteroatoms. The Labute approximate surface area is 125 Å². The lowest BCUT2D eigenvalue weighted by atomic mass is 9.86. The number of carbonyl (C=O) groups excluding carboxylic acids is 1. The number of hydrogen-bond donors (Lipinski definition) is 0. The second kappa shape index (κ2) is 4.92. The summed E-state index contributed by atoms with van der Waals surface area (Å²) in [7, 11) is -0.758. The number of nitrogens with zero attached hydrogens (tertiary/aromatic N) is 1. The molecule has 21 heavy (non-hydrogen) atoms. The van der Waals surface area contributed by atoms with Gasteiger partial charge in [-0.25, -0.2) is 0 Å². The molecule has 0 saturated carbocycles. The van der Waals surface area contributed by atoms with Gasteiger partial charge in [-0.3, -0.25) is 9.36 Å². The van der Waals surface area contributed by atoms with E-state index in [2.05, 4.69) is 0 Å². The summed E-state index contributed by atoms with van der Waals surface area (Å²) in [4.78, 5) is 14.2. The minimum Gasteiger partial charge on any atom is -0.360 e. The zero-order valence-electron chi connectivity index (χ0n) is 12.8. The van der Waals surface area contributed by atoms with Gasteiger partial charge in [0.05, 0.1) is 6.10 Å². The largest absolute Gasteiger partial charge is 0.360 e. The Morgan fingerprint density at radius 2 is 2.10 bits per heavy atom. The van der Waals surface area contributed by atoms with E-state index in [-0.39, 0.29) is 23.8 Å². The minimum absolute atomic E-state index is 0.0430. The SMILES string of the molecule is COP(=O)(OC)[C@@H]1N(C(=O)C(C)C)CC2C[C@H]3C=C[C@]21O3. The van der Waals surface area contributed by atoms with E-state index in [1.54, 1.807) is 4.90 Å². The maximum atomic E-state index is 13.1. The van der Waals surface area contributed by atoms with Gasteiger partial charge in [-0.05, 0) is 6.42 Å². The van der Waals surface area contributed by atoms with Gasteiger partial charge < -0.3 is 18.7 Å². The number of fused-ring (bicyclic) bond motifs is 1. The van der Waals surface area contributed by atoms with Gasteiger partial charge in [0.2, 0.25) is 5.91 Å². The third kappa shape index (κ3) is 1.96. The summed E-state index contributed by atoms with van der Waals surface area (Å²) in [5.41, 5.74) is -0.725. The summed E-state index contributed by atoms with van der Waals surface area (Å²) in [6.07, 6.45) is 4.84. The van der Waals surface area contributed by atoms with Gasteiger partial charge in [0.1, 0.15) is 5.60 Å². The van der Waals surface area contributed by atoms with Crippen LogP contribution in [-0.2, 0) is 23.1 Å². The number of ether oxygens (including phenoxy) is 1. The first kappa shape index (κ1) is 15.2. The first-order chi connectivity index (χ1) is 9.88. The van der Waals surface area contributed by atoms with Crippen LogP contribution in [0.15, 0.2) is 12.2 Å². The maximum Gasteiger partial charge on any atom is 0.355 e. The summed E-state index contributed by atoms with van der Waals surface area (Å²) in [5, 5.41) is 0. The van der Waals surface area contributed by atoms with Crippen molar-refractivity contribution >= 4 is 13.5 Å². The fraction of sp³-hybridized carbons (Fsp3) is 0.786. The highest BCUT2D eigenvalue weighted by atomic mass is 31.2. The second-order valence-electron chi connectivity index (χ2n) is 6.23. The summed E-state index contributed by atoms with van der Waals surface area (Å²) < 4.78 is 29.6. The predicted octanol–water partition coefficient (Wildman–Crippen LogP) is 2.01. The molecule has 1 amide bonds. The molecule has 0 aromatic carbocycles. The fourth-order valence-electron chi connectivity index (χ4n) is 3.81. The third-order valence-corrected chi connectivity index (χ3v) is 7.08. The van der Waals surface area contributed by atoms with Crippen molar-refractivity contribution in [3.8, 4) is 0 Å². The van der Waals surface area contributed by atoms with Crippen LogP contribution in [0.5, 0.6) is 0 Å². The molecular formula is C14H22NO5P. The smallest absolute Gasteiger partial charge is 0.355 e. The van der Waals surface area contributed by atoms with E-state index >= 15 is 0 Å². The van der Waals surface area contributed by atoms with Gasteiger partial charge in [0.25, 0.3) is 0 Å². The average molecular weight is 315 g/mol. The summed E-state index contributed by atoms with van der Waals surface area (Å²) in [6.45, 7) is 4.22. The van der Waals surface area contributed by atoms with Gasteiger partial charge >= 0.3 is 7.60 Å². The highest BCUT2D eigenvalue weighted by Crippen LogP contribution is 2.65. The van der Waals surface area contributed by atoms with Gasteiger partial charge in [-0.15, -0.1) is 0 Å². The molecule has 3 heterocycles. The Hall–Kier alpha value is -0.680. The molecule has 118 valence electrons. The van der Waals surface area contributed by atoms with E-state index in [4.69, 9.17) is 13.8 Å². The van der Waals surface area contributed by atoms with Crippen molar-refractivity contribution in [2.24, 2.45) is 11.8 Å². The molecule has 3 rings (SSSR count). The van der Waals surface area contributed by atoms with Crippen LogP contribution in [0.25, 0.3) is 0 Å². The number of likely N-dealkylation sites (tertiary alicyclic amines) is 1. The Morgan fingerprint density at radius 1 is 1.43 bits per heavy atom. The molecule has 3 aliphatic rings. The summed E-state index contributed by atoms with van der Waals surface area (Å²) >= 11 is 0. The normalized spacial score (nSPS) is 37.6. The molecule has 0 aromatic rings. The lowest BCUT2D eigenvalue weighted by Gasteiger charge is -2.37. The van der Waals surface area contributed by atoms with Gasteiger partial charge in [-0.2, -0.15) is 0 Å². The molecule has 1 unspecified atom stereocenters. The molecule has 3 aliphatic heterocycles. The van der Waals surface area contributed by atoms with Crippen molar-refractivity contribution in [3.63, 3.8) is 0 Å². The Kier molecular flexibility index (Phi) is 3.56. The zero-order valence-corrected chi connectivity index (χ0v) is 13.7. The molecule has 0 aromatic heterocycles. The van der Waals surface area contributed by atoms with E-state index in [0.717, 1.165) is 6.42 Å². The lowest BCUT2D eigenvalue weighted by Crippen LogP contribution is -2.47. The first-order valence-corrected chi connectivity index (χ1v) is 8.88. The van der Waals surface area contributed by atoms with Crippen LogP contribution in [0.2, 0.25) is 0 Å². The maximum absolute atomic E-state index is 13.1. The minimum atomic E-state index is -3.47. The summed E-state index contributed by atoms with van der Waals surface area (Å²) in [6, 6.07) is 0. The van der Waals surface area contributed by atoms with E-state index in [9.17, 15) is 9.36 Å². The van der Waals surface area contributed by atoms with Crippen molar-refractivity contribution in [3.05, 3.63) is 12.2 Å². The molecule has 0 radical (unpaired) electrons. The zero-order chi connectivity index (χ0) is 15.4. The molecule has 6 nitrogen and oxygen atoms in total. The quantitative estimate of drug-likeness (QED) is 0.586. The molecule has 0 N–H and O–H groups in total. The number of amides is 1. The molecule has 2 saturated heterocycles. The Bertz CT molecular complexity index is 525. The number of rotatable bonds is 4. The van der Waals surface area contributed by atoms with Gasteiger partial charge in [0, 0.05) is 32.6 Å². The molecule has 1 spiro atoms. The van der Waals surface area contributed by atoms with Crippen molar-refractivity contribution in [2.75, 3.05) is 20.8 Å². The van der Waals surface area contributed by atoms with Crippen LogP contribution in [-0.4, -0.2) is 49.1 Å². The third-order valence-electron chi connectivity index (χ3n) is 4.78. The number of carbonyl (C=O) groups is 1. The molecule has 4 atom stereocenters. The van der Waals surface area contributed by atoms with Crippen molar-refractivity contribution in [1.82, 2.24) is 4.90 Å². The Balaban J connectivity index is 2.06. The van der Waals surface area contributed by atoms with E-state index in [0.29, 0.717) is 6.54 Å². The molecule has 2 bridgehead atoms. The van der Waals surface area contributed by atoms with Crippen LogP contribution < -0.4 is 0 Å². The molecule has 0 aliphatic carbocycles.